The maximum absolute atomic E-state index is 10.6. The van der Waals surface area contributed by atoms with E-state index in [1.165, 1.54) is 0 Å². The van der Waals surface area contributed by atoms with Gasteiger partial charge in [-0.1, -0.05) is 0 Å². The highest BCUT2D eigenvalue weighted by atomic mass is 16.5. The SMILES string of the molecule is COCC1(CC(O)C(=O)O)CCCCO1. The van der Waals surface area contributed by atoms with Crippen molar-refractivity contribution >= 4 is 5.97 Å². The number of hydrogen-bond donors (Lipinski definition) is 2. The van der Waals surface area contributed by atoms with Gasteiger partial charge < -0.3 is 19.7 Å². The first-order chi connectivity index (χ1) is 7.09. The second kappa shape index (κ2) is 5.44. The minimum Gasteiger partial charge on any atom is -0.479 e. The Morgan fingerprint density at radius 2 is 2.33 bits per heavy atom. The zero-order valence-corrected chi connectivity index (χ0v) is 8.94. The van der Waals surface area contributed by atoms with Gasteiger partial charge in [-0.25, -0.2) is 4.79 Å². The van der Waals surface area contributed by atoms with Gasteiger partial charge in [-0.05, 0) is 19.3 Å². The molecule has 2 atom stereocenters. The van der Waals surface area contributed by atoms with Crippen molar-refractivity contribution in [3.8, 4) is 0 Å². The number of rotatable bonds is 5. The standard InChI is InChI=1S/C10H18O5/c1-14-7-10(4-2-3-5-15-10)6-8(11)9(12)13/h8,11H,2-7H2,1H3,(H,12,13). The summed E-state index contributed by atoms with van der Waals surface area (Å²) in [5.41, 5.74) is -0.620. The molecule has 1 saturated heterocycles. The van der Waals surface area contributed by atoms with Crippen LogP contribution in [0.5, 0.6) is 0 Å². The predicted molar refractivity (Wildman–Crippen MR) is 52.7 cm³/mol. The second-order valence-corrected chi connectivity index (χ2v) is 3.98. The number of aliphatic hydroxyl groups excluding tert-OH is 1. The summed E-state index contributed by atoms with van der Waals surface area (Å²) in [6.07, 6.45) is 1.42. The molecule has 0 aromatic carbocycles. The fourth-order valence-electron chi connectivity index (χ4n) is 1.95. The largest absolute Gasteiger partial charge is 0.479 e. The molecule has 0 radical (unpaired) electrons. The summed E-state index contributed by atoms with van der Waals surface area (Å²) in [5.74, 6) is -1.21. The molecule has 15 heavy (non-hydrogen) atoms. The maximum Gasteiger partial charge on any atom is 0.332 e. The summed E-state index contributed by atoms with van der Waals surface area (Å²) < 4.78 is 10.6. The van der Waals surface area contributed by atoms with Crippen LogP contribution in [0.4, 0.5) is 0 Å². The number of carbonyl (C=O) groups is 1. The molecule has 0 aliphatic carbocycles. The Morgan fingerprint density at radius 3 is 2.80 bits per heavy atom. The van der Waals surface area contributed by atoms with Gasteiger partial charge in [-0.3, -0.25) is 0 Å². The van der Waals surface area contributed by atoms with E-state index in [1.54, 1.807) is 7.11 Å². The van der Waals surface area contributed by atoms with Crippen molar-refractivity contribution < 1.29 is 24.5 Å². The average molecular weight is 218 g/mol. The van der Waals surface area contributed by atoms with E-state index in [-0.39, 0.29) is 6.42 Å². The van der Waals surface area contributed by atoms with Gasteiger partial charge in [0.2, 0.25) is 0 Å². The molecular weight excluding hydrogens is 200 g/mol. The van der Waals surface area contributed by atoms with Gasteiger partial charge in [0.25, 0.3) is 0 Å². The van der Waals surface area contributed by atoms with Gasteiger partial charge in [0.1, 0.15) is 0 Å². The van der Waals surface area contributed by atoms with Gasteiger partial charge in [-0.15, -0.1) is 0 Å². The lowest BCUT2D eigenvalue weighted by atomic mass is 9.89. The minimum absolute atomic E-state index is 0.0934. The number of aliphatic hydroxyl groups is 1. The van der Waals surface area contributed by atoms with Crippen LogP contribution in [0.1, 0.15) is 25.7 Å². The summed E-state index contributed by atoms with van der Waals surface area (Å²) in [4.78, 5) is 10.6. The summed E-state index contributed by atoms with van der Waals surface area (Å²) in [6, 6.07) is 0. The predicted octanol–water partition coefficient (Wildman–Crippen LogP) is 0.408. The highest BCUT2D eigenvalue weighted by Crippen LogP contribution is 2.29. The number of aliphatic carboxylic acids is 1. The van der Waals surface area contributed by atoms with Gasteiger partial charge >= 0.3 is 5.97 Å². The van der Waals surface area contributed by atoms with E-state index in [1.807, 2.05) is 0 Å². The van der Waals surface area contributed by atoms with E-state index in [4.69, 9.17) is 14.6 Å². The summed E-state index contributed by atoms with van der Waals surface area (Å²) in [5, 5.41) is 18.0. The summed E-state index contributed by atoms with van der Waals surface area (Å²) >= 11 is 0. The molecule has 0 saturated carbocycles. The molecule has 0 aromatic rings. The molecule has 5 nitrogen and oxygen atoms in total. The average Bonchev–Trinajstić information content (AvgIpc) is 2.19. The number of carboxylic acid groups (broad SMARTS) is 1. The molecule has 2 N–H and O–H groups in total. The van der Waals surface area contributed by atoms with Crippen molar-refractivity contribution in [2.45, 2.75) is 37.4 Å². The third kappa shape index (κ3) is 3.44. The Bertz CT molecular complexity index is 204. The molecule has 5 heteroatoms. The molecule has 88 valence electrons. The first-order valence-corrected chi connectivity index (χ1v) is 5.13. The van der Waals surface area contributed by atoms with Crippen molar-refractivity contribution in [3.63, 3.8) is 0 Å². The Balaban J connectivity index is 2.59. The second-order valence-electron chi connectivity index (χ2n) is 3.98. The Kier molecular flexibility index (Phi) is 4.50. The third-order valence-corrected chi connectivity index (χ3v) is 2.69. The van der Waals surface area contributed by atoms with Crippen LogP contribution in [0.3, 0.4) is 0 Å². The quantitative estimate of drug-likeness (QED) is 0.699. The maximum atomic E-state index is 10.6. The van der Waals surface area contributed by atoms with E-state index < -0.39 is 17.7 Å². The third-order valence-electron chi connectivity index (χ3n) is 2.69. The lowest BCUT2D eigenvalue weighted by molar-refractivity contribution is -0.161. The lowest BCUT2D eigenvalue weighted by Gasteiger charge is -2.37. The fraction of sp³-hybridized carbons (Fsp3) is 0.900. The normalized spacial score (nSPS) is 28.7. The topological polar surface area (TPSA) is 76.0 Å². The van der Waals surface area contributed by atoms with Crippen LogP contribution in [-0.2, 0) is 14.3 Å². The van der Waals surface area contributed by atoms with Crippen LogP contribution in [0.2, 0.25) is 0 Å². The monoisotopic (exact) mass is 218 g/mol. The molecular formula is C10H18O5. The summed E-state index contributed by atoms with van der Waals surface area (Å²) in [6.45, 7) is 0.938. The van der Waals surface area contributed by atoms with Crippen molar-refractivity contribution in [1.29, 1.82) is 0 Å². The van der Waals surface area contributed by atoms with E-state index in [9.17, 15) is 9.90 Å². The van der Waals surface area contributed by atoms with Crippen LogP contribution < -0.4 is 0 Å². The molecule has 1 heterocycles. The first kappa shape index (κ1) is 12.4. The minimum atomic E-state index is -1.38. The van der Waals surface area contributed by atoms with Crippen LogP contribution in [0.15, 0.2) is 0 Å². The van der Waals surface area contributed by atoms with Gasteiger partial charge in [0, 0.05) is 20.1 Å². The lowest BCUT2D eigenvalue weighted by Crippen LogP contribution is -2.45. The molecule has 1 rings (SSSR count). The zero-order chi connectivity index (χ0) is 11.3. The molecule has 1 aliphatic rings. The van der Waals surface area contributed by atoms with Crippen molar-refractivity contribution in [1.82, 2.24) is 0 Å². The van der Waals surface area contributed by atoms with E-state index in [2.05, 4.69) is 0 Å². The molecule has 0 aromatic heterocycles. The van der Waals surface area contributed by atoms with E-state index in [0.29, 0.717) is 13.2 Å². The Hall–Kier alpha value is -0.650. The molecule has 1 aliphatic heterocycles. The van der Waals surface area contributed by atoms with Gasteiger partial charge in [0.15, 0.2) is 6.10 Å². The molecule has 1 fully saturated rings. The van der Waals surface area contributed by atoms with Gasteiger partial charge in [-0.2, -0.15) is 0 Å². The number of methoxy groups -OCH3 is 1. The van der Waals surface area contributed by atoms with E-state index >= 15 is 0 Å². The van der Waals surface area contributed by atoms with Crippen LogP contribution in [-0.4, -0.2) is 48.2 Å². The highest BCUT2D eigenvalue weighted by molar-refractivity contribution is 5.72. The van der Waals surface area contributed by atoms with Crippen LogP contribution >= 0.6 is 0 Å². The number of carboxylic acids is 1. The molecule has 0 amide bonds. The van der Waals surface area contributed by atoms with Crippen molar-refractivity contribution in [2.24, 2.45) is 0 Å². The molecule has 0 bridgehead atoms. The first-order valence-electron chi connectivity index (χ1n) is 5.13. The summed E-state index contributed by atoms with van der Waals surface area (Å²) in [7, 11) is 1.55. The molecule has 2 unspecified atom stereocenters. The van der Waals surface area contributed by atoms with E-state index in [0.717, 1.165) is 19.3 Å². The van der Waals surface area contributed by atoms with Crippen molar-refractivity contribution in [2.75, 3.05) is 20.3 Å². The number of ether oxygens (including phenoxy) is 2. The zero-order valence-electron chi connectivity index (χ0n) is 8.94. The smallest absolute Gasteiger partial charge is 0.332 e. The van der Waals surface area contributed by atoms with Crippen LogP contribution in [0, 0.1) is 0 Å². The van der Waals surface area contributed by atoms with Gasteiger partial charge in [0.05, 0.1) is 12.2 Å². The van der Waals surface area contributed by atoms with Crippen molar-refractivity contribution in [3.05, 3.63) is 0 Å². The Labute approximate surface area is 89.0 Å². The molecule has 0 spiro atoms. The fourth-order valence-corrected chi connectivity index (χ4v) is 1.95. The van der Waals surface area contributed by atoms with Crippen LogP contribution in [0.25, 0.3) is 0 Å². The number of hydrogen-bond acceptors (Lipinski definition) is 4. The highest BCUT2D eigenvalue weighted by Gasteiger charge is 2.37. The Morgan fingerprint density at radius 1 is 1.60 bits per heavy atom.